The molecule has 0 aromatic heterocycles. The van der Waals surface area contributed by atoms with Crippen molar-refractivity contribution in [2.75, 3.05) is 0 Å². The van der Waals surface area contributed by atoms with E-state index in [2.05, 4.69) is 0 Å². The number of carbonyl (C=O) groups excluding carboxylic acids is 1. The van der Waals surface area contributed by atoms with Gasteiger partial charge in [0.25, 0.3) is 0 Å². The summed E-state index contributed by atoms with van der Waals surface area (Å²) in [6.07, 6.45) is -0.583. The molecule has 0 aromatic rings. The minimum absolute atomic E-state index is 0.562. The summed E-state index contributed by atoms with van der Waals surface area (Å²) >= 11 is 0. The van der Waals surface area contributed by atoms with Gasteiger partial charge in [-0.25, -0.2) is 0 Å². The largest absolute Gasteiger partial charge is 0.481 e. The van der Waals surface area contributed by atoms with Gasteiger partial charge in [0.2, 0.25) is 0 Å². The van der Waals surface area contributed by atoms with Gasteiger partial charge in [0, 0.05) is 0 Å². The molecule has 0 saturated carbocycles. The van der Waals surface area contributed by atoms with E-state index in [1.54, 1.807) is 6.07 Å². The van der Waals surface area contributed by atoms with Crippen molar-refractivity contribution in [3.05, 3.63) is 0 Å². The lowest BCUT2D eigenvalue weighted by Gasteiger charge is -2.10. The molecule has 11 heavy (non-hydrogen) atoms. The van der Waals surface area contributed by atoms with E-state index in [4.69, 9.17) is 10.4 Å². The molecule has 0 amide bonds. The SMILES string of the molecule is CC(C)(C#N)C(=O)CC(=O)O. The van der Waals surface area contributed by atoms with Crippen molar-refractivity contribution >= 4 is 11.8 Å². The number of nitrogens with zero attached hydrogens (tertiary/aromatic N) is 1. The Labute approximate surface area is 64.4 Å². The van der Waals surface area contributed by atoms with Crippen molar-refractivity contribution in [1.29, 1.82) is 5.26 Å². The highest BCUT2D eigenvalue weighted by Gasteiger charge is 2.28. The fourth-order valence-electron chi connectivity index (χ4n) is 0.421. The second-order valence-corrected chi connectivity index (χ2v) is 2.73. The van der Waals surface area contributed by atoms with E-state index < -0.39 is 23.6 Å². The predicted molar refractivity (Wildman–Crippen MR) is 36.7 cm³/mol. The Hall–Kier alpha value is -1.37. The molecule has 1 N–H and O–H groups in total. The van der Waals surface area contributed by atoms with Gasteiger partial charge in [-0.2, -0.15) is 5.26 Å². The van der Waals surface area contributed by atoms with Crippen LogP contribution in [0.1, 0.15) is 20.3 Å². The van der Waals surface area contributed by atoms with Crippen molar-refractivity contribution < 1.29 is 14.7 Å². The molecule has 0 saturated heterocycles. The molecule has 4 nitrogen and oxygen atoms in total. The van der Waals surface area contributed by atoms with Crippen molar-refractivity contribution in [2.45, 2.75) is 20.3 Å². The highest BCUT2D eigenvalue weighted by atomic mass is 16.4. The zero-order valence-corrected chi connectivity index (χ0v) is 6.42. The third-order valence-corrected chi connectivity index (χ3v) is 1.29. The summed E-state index contributed by atoms with van der Waals surface area (Å²) in [5.41, 5.74) is -1.18. The minimum Gasteiger partial charge on any atom is -0.481 e. The molecule has 0 unspecified atom stereocenters. The molecular weight excluding hydrogens is 146 g/mol. The van der Waals surface area contributed by atoms with Gasteiger partial charge < -0.3 is 5.11 Å². The van der Waals surface area contributed by atoms with E-state index in [-0.39, 0.29) is 0 Å². The summed E-state index contributed by atoms with van der Waals surface area (Å²) in [5, 5.41) is 16.6. The number of nitriles is 1. The number of carboxylic acids is 1. The summed E-state index contributed by atoms with van der Waals surface area (Å²) < 4.78 is 0. The van der Waals surface area contributed by atoms with Gasteiger partial charge in [-0.1, -0.05) is 0 Å². The monoisotopic (exact) mass is 155 g/mol. The summed E-state index contributed by atoms with van der Waals surface area (Å²) in [7, 11) is 0. The van der Waals surface area contributed by atoms with Crippen LogP contribution in [0.5, 0.6) is 0 Å². The third kappa shape index (κ3) is 2.80. The Morgan fingerprint density at radius 2 is 2.00 bits per heavy atom. The summed E-state index contributed by atoms with van der Waals surface area (Å²) in [6.45, 7) is 2.80. The van der Waals surface area contributed by atoms with Crippen LogP contribution in [0.2, 0.25) is 0 Å². The van der Waals surface area contributed by atoms with E-state index in [1.165, 1.54) is 13.8 Å². The smallest absolute Gasteiger partial charge is 0.310 e. The molecule has 0 aliphatic heterocycles. The first-order chi connectivity index (χ1) is 4.90. The van der Waals surface area contributed by atoms with E-state index in [0.717, 1.165) is 0 Å². The second-order valence-electron chi connectivity index (χ2n) is 2.73. The topological polar surface area (TPSA) is 78.2 Å². The van der Waals surface area contributed by atoms with Crippen LogP contribution in [0.25, 0.3) is 0 Å². The number of rotatable bonds is 3. The summed E-state index contributed by atoms with van der Waals surface area (Å²) in [5.74, 6) is -1.76. The lowest BCUT2D eigenvalue weighted by molar-refractivity contribution is -0.141. The van der Waals surface area contributed by atoms with E-state index in [1.807, 2.05) is 0 Å². The van der Waals surface area contributed by atoms with Crippen molar-refractivity contribution in [3.8, 4) is 6.07 Å². The zero-order chi connectivity index (χ0) is 9.07. The second kappa shape index (κ2) is 3.15. The molecule has 4 heteroatoms. The van der Waals surface area contributed by atoms with E-state index in [0.29, 0.717) is 0 Å². The maximum Gasteiger partial charge on any atom is 0.310 e. The number of carboxylic acid groups (broad SMARTS) is 1. The van der Waals surface area contributed by atoms with E-state index in [9.17, 15) is 9.59 Å². The Morgan fingerprint density at radius 3 is 2.27 bits per heavy atom. The molecule has 60 valence electrons. The normalized spacial score (nSPS) is 10.3. The highest BCUT2D eigenvalue weighted by Crippen LogP contribution is 2.16. The molecule has 0 bridgehead atoms. The van der Waals surface area contributed by atoms with Gasteiger partial charge >= 0.3 is 5.97 Å². The Balaban J connectivity index is 4.28. The Bertz CT molecular complexity index is 224. The van der Waals surface area contributed by atoms with Gasteiger partial charge in [-0.15, -0.1) is 0 Å². The lowest BCUT2D eigenvalue weighted by atomic mass is 9.88. The first kappa shape index (κ1) is 9.63. The maximum atomic E-state index is 10.9. The minimum atomic E-state index is -1.20. The van der Waals surface area contributed by atoms with Crippen LogP contribution in [0.4, 0.5) is 0 Å². The molecule has 0 spiro atoms. The predicted octanol–water partition coefficient (Wildman–Crippen LogP) is 0.580. The molecule has 0 rings (SSSR count). The average Bonchev–Trinajstić information content (AvgIpc) is 1.86. The van der Waals surface area contributed by atoms with Gasteiger partial charge in [0.1, 0.15) is 11.8 Å². The number of Topliss-reactive ketones (excluding diaryl/α,β-unsaturated/α-hetero) is 1. The fourth-order valence-corrected chi connectivity index (χ4v) is 0.421. The van der Waals surface area contributed by atoms with Crippen LogP contribution in [-0.4, -0.2) is 16.9 Å². The van der Waals surface area contributed by atoms with Crippen LogP contribution in [-0.2, 0) is 9.59 Å². The molecule has 0 atom stereocenters. The van der Waals surface area contributed by atoms with Crippen LogP contribution in [0.15, 0.2) is 0 Å². The van der Waals surface area contributed by atoms with Crippen molar-refractivity contribution in [3.63, 3.8) is 0 Å². The van der Waals surface area contributed by atoms with Gasteiger partial charge in [-0.3, -0.25) is 9.59 Å². The molecule has 0 aliphatic rings. The van der Waals surface area contributed by atoms with Crippen LogP contribution in [0, 0.1) is 16.7 Å². The quantitative estimate of drug-likeness (QED) is 0.604. The fraction of sp³-hybridized carbons (Fsp3) is 0.571. The Kier molecular flexibility index (Phi) is 2.76. The molecule has 0 fully saturated rings. The van der Waals surface area contributed by atoms with Crippen molar-refractivity contribution in [1.82, 2.24) is 0 Å². The summed E-state index contributed by atoms with van der Waals surface area (Å²) in [6, 6.07) is 1.73. The van der Waals surface area contributed by atoms with Gasteiger partial charge in [0.05, 0.1) is 6.07 Å². The van der Waals surface area contributed by atoms with Crippen molar-refractivity contribution in [2.24, 2.45) is 5.41 Å². The van der Waals surface area contributed by atoms with Crippen LogP contribution in [0.3, 0.4) is 0 Å². The standard InChI is InChI=1S/C7H9NO3/c1-7(2,4-8)5(9)3-6(10)11/h3H2,1-2H3,(H,10,11). The van der Waals surface area contributed by atoms with Crippen LogP contribution >= 0.6 is 0 Å². The summed E-state index contributed by atoms with van der Waals surface area (Å²) in [4.78, 5) is 20.9. The Morgan fingerprint density at radius 1 is 1.55 bits per heavy atom. The molecule has 0 aromatic carbocycles. The zero-order valence-electron chi connectivity index (χ0n) is 6.42. The third-order valence-electron chi connectivity index (χ3n) is 1.29. The first-order valence-corrected chi connectivity index (χ1v) is 3.06. The number of aliphatic carboxylic acids is 1. The van der Waals surface area contributed by atoms with Gasteiger partial charge in [-0.05, 0) is 13.8 Å². The van der Waals surface area contributed by atoms with Crippen LogP contribution < -0.4 is 0 Å². The number of hydrogen-bond acceptors (Lipinski definition) is 3. The lowest BCUT2D eigenvalue weighted by Crippen LogP contribution is -2.24. The number of hydrogen-bond donors (Lipinski definition) is 1. The maximum absolute atomic E-state index is 10.9. The first-order valence-electron chi connectivity index (χ1n) is 3.06. The molecule has 0 heterocycles. The highest BCUT2D eigenvalue weighted by molar-refractivity contribution is 5.99. The molecular formula is C7H9NO3. The van der Waals surface area contributed by atoms with E-state index >= 15 is 0 Å². The molecule has 0 radical (unpaired) electrons. The molecule has 0 aliphatic carbocycles. The average molecular weight is 155 g/mol. The number of carbonyl (C=O) groups is 2. The van der Waals surface area contributed by atoms with Gasteiger partial charge in [0.15, 0.2) is 5.78 Å². The number of ketones is 1.